The van der Waals surface area contributed by atoms with Gasteiger partial charge in [-0.3, -0.25) is 9.59 Å². The summed E-state index contributed by atoms with van der Waals surface area (Å²) in [6.07, 6.45) is 1.74. The Hall–Kier alpha value is -1.26. The molecule has 0 aromatic carbocycles. The largest absolute Gasteiger partial charge is 0.294 e. The molecule has 2 aromatic heterocycles. The molecule has 1 saturated carbocycles. The van der Waals surface area contributed by atoms with Gasteiger partial charge in [0.05, 0.1) is 0 Å². The van der Waals surface area contributed by atoms with E-state index in [-0.39, 0.29) is 23.4 Å². The van der Waals surface area contributed by atoms with Crippen LogP contribution in [0.5, 0.6) is 0 Å². The molecular formula is C16H12O2S2. The summed E-state index contributed by atoms with van der Waals surface area (Å²) in [5, 5.41) is 4.06. The van der Waals surface area contributed by atoms with Gasteiger partial charge in [0, 0.05) is 44.6 Å². The first-order chi connectivity index (χ1) is 9.75. The summed E-state index contributed by atoms with van der Waals surface area (Å²) in [5.74, 6) is 1.42. The second-order valence-corrected chi connectivity index (χ2v) is 7.92. The molecule has 5 rings (SSSR count). The second kappa shape index (κ2) is 3.68. The minimum atomic E-state index is 0.0663. The monoisotopic (exact) mass is 300 g/mol. The van der Waals surface area contributed by atoms with Crippen LogP contribution in [0.25, 0.3) is 0 Å². The van der Waals surface area contributed by atoms with E-state index in [9.17, 15) is 9.59 Å². The summed E-state index contributed by atoms with van der Waals surface area (Å²) >= 11 is 3.43. The van der Waals surface area contributed by atoms with Gasteiger partial charge in [-0.1, -0.05) is 0 Å². The molecule has 4 unspecified atom stereocenters. The maximum atomic E-state index is 12.5. The van der Waals surface area contributed by atoms with Gasteiger partial charge in [-0.25, -0.2) is 0 Å². The Labute approximate surface area is 124 Å². The molecule has 3 aliphatic rings. The summed E-state index contributed by atoms with van der Waals surface area (Å²) in [4.78, 5) is 27.5. The van der Waals surface area contributed by atoms with E-state index in [2.05, 4.69) is 0 Å². The van der Waals surface area contributed by atoms with Crippen LogP contribution in [0.3, 0.4) is 0 Å². The lowest BCUT2D eigenvalue weighted by atomic mass is 9.70. The smallest absolute Gasteiger partial charge is 0.167 e. The summed E-state index contributed by atoms with van der Waals surface area (Å²) < 4.78 is 0. The Kier molecular flexibility index (Phi) is 2.10. The van der Waals surface area contributed by atoms with E-state index >= 15 is 0 Å². The van der Waals surface area contributed by atoms with Gasteiger partial charge in [0.15, 0.2) is 11.6 Å². The maximum absolute atomic E-state index is 12.5. The van der Waals surface area contributed by atoms with Gasteiger partial charge in [-0.05, 0) is 35.7 Å². The third-order valence-corrected chi connectivity index (χ3v) is 7.35. The van der Waals surface area contributed by atoms with Crippen LogP contribution in [0.15, 0.2) is 22.9 Å². The quantitative estimate of drug-likeness (QED) is 0.734. The topological polar surface area (TPSA) is 34.1 Å². The normalized spacial score (nSPS) is 33.8. The van der Waals surface area contributed by atoms with Crippen molar-refractivity contribution in [3.05, 3.63) is 43.8 Å². The zero-order valence-electron chi connectivity index (χ0n) is 10.7. The molecule has 0 radical (unpaired) electrons. The fraction of sp³-hybridized carbons (Fsp3) is 0.375. The summed E-state index contributed by atoms with van der Waals surface area (Å²) in [6, 6.07) is 3.93. The molecule has 4 heteroatoms. The third kappa shape index (κ3) is 1.20. The minimum Gasteiger partial charge on any atom is -0.294 e. The van der Waals surface area contributed by atoms with Gasteiger partial charge >= 0.3 is 0 Å². The first-order valence-corrected chi connectivity index (χ1v) is 8.75. The first kappa shape index (κ1) is 11.4. The molecule has 0 bridgehead atoms. The van der Waals surface area contributed by atoms with Crippen molar-refractivity contribution in [2.45, 2.75) is 24.7 Å². The van der Waals surface area contributed by atoms with Crippen LogP contribution in [0.2, 0.25) is 0 Å². The van der Waals surface area contributed by atoms with E-state index in [4.69, 9.17) is 0 Å². The van der Waals surface area contributed by atoms with Crippen molar-refractivity contribution in [1.82, 2.24) is 0 Å². The summed E-state index contributed by atoms with van der Waals surface area (Å²) in [6.45, 7) is 0. The van der Waals surface area contributed by atoms with E-state index in [0.29, 0.717) is 11.8 Å². The van der Waals surface area contributed by atoms with E-state index in [0.717, 1.165) is 24.0 Å². The van der Waals surface area contributed by atoms with Gasteiger partial charge < -0.3 is 0 Å². The SMILES string of the molecule is O=C1c2ccsc2C2CC3c4sccc4C(=O)C3CC12. The van der Waals surface area contributed by atoms with Crippen molar-refractivity contribution in [3.63, 3.8) is 0 Å². The molecular weight excluding hydrogens is 288 g/mol. The van der Waals surface area contributed by atoms with Gasteiger partial charge in [0.2, 0.25) is 0 Å². The Morgan fingerprint density at radius 1 is 0.750 bits per heavy atom. The van der Waals surface area contributed by atoms with Crippen LogP contribution in [0, 0.1) is 11.8 Å². The van der Waals surface area contributed by atoms with E-state index in [1.807, 2.05) is 22.9 Å². The summed E-state index contributed by atoms with van der Waals surface area (Å²) in [5.41, 5.74) is 1.87. The molecule has 2 nitrogen and oxygen atoms in total. The molecule has 0 saturated heterocycles. The Balaban J connectivity index is 1.61. The number of Topliss-reactive ketones (excluding diaryl/α,β-unsaturated/α-hetero) is 2. The van der Waals surface area contributed by atoms with Gasteiger partial charge in [-0.15, -0.1) is 22.7 Å². The lowest BCUT2D eigenvalue weighted by Crippen LogP contribution is -2.30. The molecule has 4 atom stereocenters. The van der Waals surface area contributed by atoms with Crippen LogP contribution >= 0.6 is 22.7 Å². The van der Waals surface area contributed by atoms with Crippen molar-refractivity contribution in [3.8, 4) is 0 Å². The number of hydrogen-bond acceptors (Lipinski definition) is 4. The van der Waals surface area contributed by atoms with Crippen molar-refractivity contribution >= 4 is 34.2 Å². The fourth-order valence-electron chi connectivity index (χ4n) is 4.39. The highest BCUT2D eigenvalue weighted by molar-refractivity contribution is 7.11. The molecule has 3 aliphatic carbocycles. The first-order valence-electron chi connectivity index (χ1n) is 6.99. The standard InChI is InChI=1S/C16H12O2S2/c17-13-7-1-3-19-15(7)11-6-12-10(5-9(11)13)14(18)8-2-4-20-16(8)12/h1-4,9-12H,5-6H2. The number of rotatable bonds is 0. The van der Waals surface area contributed by atoms with E-state index in [1.54, 1.807) is 22.7 Å². The zero-order valence-corrected chi connectivity index (χ0v) is 12.3. The van der Waals surface area contributed by atoms with E-state index in [1.165, 1.54) is 9.75 Å². The van der Waals surface area contributed by atoms with Crippen LogP contribution < -0.4 is 0 Å². The Morgan fingerprint density at radius 3 is 1.70 bits per heavy atom. The van der Waals surface area contributed by atoms with Gasteiger partial charge in [0.1, 0.15) is 0 Å². The number of thiophene rings is 2. The van der Waals surface area contributed by atoms with Crippen LogP contribution in [-0.2, 0) is 0 Å². The highest BCUT2D eigenvalue weighted by Gasteiger charge is 2.53. The number of ketones is 2. The highest BCUT2D eigenvalue weighted by atomic mass is 32.1. The lowest BCUT2D eigenvalue weighted by Gasteiger charge is -2.33. The number of carbonyl (C=O) groups is 2. The van der Waals surface area contributed by atoms with Crippen LogP contribution in [0.1, 0.15) is 55.1 Å². The number of hydrogen-bond donors (Lipinski definition) is 0. The van der Waals surface area contributed by atoms with Crippen LogP contribution in [0.4, 0.5) is 0 Å². The van der Waals surface area contributed by atoms with Crippen molar-refractivity contribution in [2.75, 3.05) is 0 Å². The number of fused-ring (bicyclic) bond motifs is 6. The second-order valence-electron chi connectivity index (χ2n) is 6.02. The zero-order chi connectivity index (χ0) is 13.4. The average Bonchev–Trinajstić information content (AvgIpc) is 3.18. The third-order valence-electron chi connectivity index (χ3n) is 5.26. The van der Waals surface area contributed by atoms with Crippen molar-refractivity contribution < 1.29 is 9.59 Å². The molecule has 0 N–H and O–H groups in total. The van der Waals surface area contributed by atoms with Crippen LogP contribution in [-0.4, -0.2) is 11.6 Å². The molecule has 0 aliphatic heterocycles. The fourth-order valence-corrected chi connectivity index (χ4v) is 6.55. The lowest BCUT2D eigenvalue weighted by molar-refractivity contribution is 0.0789. The van der Waals surface area contributed by atoms with Gasteiger partial charge in [0.25, 0.3) is 0 Å². The molecule has 0 amide bonds. The molecule has 1 fully saturated rings. The van der Waals surface area contributed by atoms with E-state index < -0.39 is 0 Å². The predicted octanol–water partition coefficient (Wildman–Crippen LogP) is 4.10. The summed E-state index contributed by atoms with van der Waals surface area (Å²) in [7, 11) is 0. The molecule has 0 spiro atoms. The Bertz CT molecular complexity index is 692. The Morgan fingerprint density at radius 2 is 1.20 bits per heavy atom. The minimum absolute atomic E-state index is 0.0663. The van der Waals surface area contributed by atoms with Gasteiger partial charge in [-0.2, -0.15) is 0 Å². The average molecular weight is 300 g/mol. The molecule has 2 heterocycles. The van der Waals surface area contributed by atoms with Crippen molar-refractivity contribution in [2.24, 2.45) is 11.8 Å². The highest BCUT2D eigenvalue weighted by Crippen LogP contribution is 2.58. The predicted molar refractivity (Wildman–Crippen MR) is 79.0 cm³/mol. The molecule has 20 heavy (non-hydrogen) atoms. The number of carbonyl (C=O) groups excluding carboxylic acids is 2. The maximum Gasteiger partial charge on any atom is 0.167 e. The van der Waals surface area contributed by atoms with Crippen molar-refractivity contribution in [1.29, 1.82) is 0 Å². The molecule has 2 aromatic rings. The molecule has 100 valence electrons.